The molecule has 7 heteroatoms. The summed E-state index contributed by atoms with van der Waals surface area (Å²) < 4.78 is 51.8. The SMILES string of the molecule is O=C(Nc1cccc(I)c1)c1ccc(F)c(C(F)(F)F)c1. The van der Waals surface area contributed by atoms with Crippen molar-refractivity contribution in [1.82, 2.24) is 0 Å². The third-order valence-corrected chi connectivity index (χ3v) is 3.29. The Balaban J connectivity index is 2.28. The fourth-order valence-electron chi connectivity index (χ4n) is 1.65. The van der Waals surface area contributed by atoms with E-state index < -0.39 is 23.5 Å². The molecule has 0 heterocycles. The maximum absolute atomic E-state index is 13.2. The quantitative estimate of drug-likeness (QED) is 0.566. The number of rotatable bonds is 2. The number of hydrogen-bond donors (Lipinski definition) is 1. The number of carbonyl (C=O) groups excluding carboxylic acids is 1. The van der Waals surface area contributed by atoms with E-state index in [0.717, 1.165) is 9.64 Å². The lowest BCUT2D eigenvalue weighted by atomic mass is 10.1. The van der Waals surface area contributed by atoms with Crippen LogP contribution in [0.3, 0.4) is 0 Å². The van der Waals surface area contributed by atoms with Gasteiger partial charge in [0.2, 0.25) is 0 Å². The Bertz CT molecular complexity index is 685. The first kappa shape index (κ1) is 15.7. The number of amides is 1. The van der Waals surface area contributed by atoms with Gasteiger partial charge in [-0.05, 0) is 59.0 Å². The van der Waals surface area contributed by atoms with Crippen LogP contribution in [0.25, 0.3) is 0 Å². The Morgan fingerprint density at radius 2 is 1.81 bits per heavy atom. The molecular formula is C14H8F4INO. The number of carbonyl (C=O) groups is 1. The van der Waals surface area contributed by atoms with Crippen LogP contribution >= 0.6 is 22.6 Å². The van der Waals surface area contributed by atoms with E-state index in [4.69, 9.17) is 0 Å². The van der Waals surface area contributed by atoms with Gasteiger partial charge in [0.15, 0.2) is 0 Å². The van der Waals surface area contributed by atoms with Crippen LogP contribution in [0.5, 0.6) is 0 Å². The van der Waals surface area contributed by atoms with Crippen molar-refractivity contribution < 1.29 is 22.4 Å². The van der Waals surface area contributed by atoms with Gasteiger partial charge in [-0.3, -0.25) is 4.79 Å². The first-order valence-corrected chi connectivity index (χ1v) is 6.79. The Morgan fingerprint density at radius 3 is 2.43 bits per heavy atom. The molecule has 0 saturated carbocycles. The second-order valence-corrected chi connectivity index (χ2v) is 5.40. The van der Waals surface area contributed by atoms with Gasteiger partial charge < -0.3 is 5.32 Å². The normalized spacial score (nSPS) is 11.3. The molecular weight excluding hydrogens is 401 g/mol. The van der Waals surface area contributed by atoms with E-state index in [2.05, 4.69) is 5.32 Å². The molecule has 2 rings (SSSR count). The summed E-state index contributed by atoms with van der Waals surface area (Å²) in [4.78, 5) is 11.9. The van der Waals surface area contributed by atoms with Gasteiger partial charge in [-0.2, -0.15) is 13.2 Å². The fourth-order valence-corrected chi connectivity index (χ4v) is 2.20. The molecule has 2 nitrogen and oxygen atoms in total. The van der Waals surface area contributed by atoms with Crippen molar-refractivity contribution in [1.29, 1.82) is 0 Å². The van der Waals surface area contributed by atoms with E-state index in [0.29, 0.717) is 17.8 Å². The summed E-state index contributed by atoms with van der Waals surface area (Å²) in [5, 5.41) is 2.46. The topological polar surface area (TPSA) is 29.1 Å². The molecule has 0 bridgehead atoms. The minimum atomic E-state index is -4.84. The van der Waals surface area contributed by atoms with Gasteiger partial charge in [0.1, 0.15) is 5.82 Å². The van der Waals surface area contributed by atoms with Crippen molar-refractivity contribution in [3.63, 3.8) is 0 Å². The lowest BCUT2D eigenvalue weighted by molar-refractivity contribution is -0.140. The monoisotopic (exact) mass is 409 g/mol. The van der Waals surface area contributed by atoms with Crippen molar-refractivity contribution >= 4 is 34.2 Å². The van der Waals surface area contributed by atoms with Crippen LogP contribution in [-0.2, 0) is 6.18 Å². The Labute approximate surface area is 131 Å². The van der Waals surface area contributed by atoms with Crippen molar-refractivity contribution in [3.05, 3.63) is 63.0 Å². The number of alkyl halides is 3. The summed E-state index contributed by atoms with van der Waals surface area (Å²) in [5.74, 6) is -2.14. The highest BCUT2D eigenvalue weighted by Gasteiger charge is 2.34. The second kappa shape index (κ2) is 6.00. The van der Waals surface area contributed by atoms with Gasteiger partial charge in [-0.25, -0.2) is 4.39 Å². The van der Waals surface area contributed by atoms with Crippen molar-refractivity contribution in [2.24, 2.45) is 0 Å². The molecule has 0 radical (unpaired) electrons. The molecule has 1 N–H and O–H groups in total. The van der Waals surface area contributed by atoms with Crippen molar-refractivity contribution in [2.45, 2.75) is 6.18 Å². The van der Waals surface area contributed by atoms with Gasteiger partial charge in [0.25, 0.3) is 5.91 Å². The van der Waals surface area contributed by atoms with Gasteiger partial charge >= 0.3 is 6.18 Å². The zero-order chi connectivity index (χ0) is 15.6. The molecule has 0 aromatic heterocycles. The molecule has 2 aromatic carbocycles. The number of nitrogens with one attached hydrogen (secondary N) is 1. The maximum Gasteiger partial charge on any atom is 0.419 e. The average molecular weight is 409 g/mol. The molecule has 0 unspecified atom stereocenters. The van der Waals surface area contributed by atoms with E-state index in [1.54, 1.807) is 24.3 Å². The van der Waals surface area contributed by atoms with Crippen molar-refractivity contribution in [2.75, 3.05) is 5.32 Å². The van der Waals surface area contributed by atoms with Crippen LogP contribution in [0.15, 0.2) is 42.5 Å². The van der Waals surface area contributed by atoms with Gasteiger partial charge in [0.05, 0.1) is 5.56 Å². The van der Waals surface area contributed by atoms with Crippen LogP contribution in [-0.4, -0.2) is 5.91 Å². The lowest BCUT2D eigenvalue weighted by Gasteiger charge is -2.10. The number of halogens is 5. The standard InChI is InChI=1S/C14H8F4INO/c15-12-5-4-8(6-11(12)14(16,17)18)13(21)20-10-3-1-2-9(19)7-10/h1-7H,(H,20,21). The molecule has 0 aliphatic heterocycles. The van der Waals surface area contributed by atoms with Crippen LogP contribution in [0.1, 0.15) is 15.9 Å². The molecule has 21 heavy (non-hydrogen) atoms. The van der Waals surface area contributed by atoms with Gasteiger partial charge in [-0.1, -0.05) is 6.07 Å². The Morgan fingerprint density at radius 1 is 1.10 bits per heavy atom. The molecule has 0 spiro atoms. The zero-order valence-electron chi connectivity index (χ0n) is 10.3. The molecule has 0 aliphatic carbocycles. The van der Waals surface area contributed by atoms with Crippen LogP contribution in [0.4, 0.5) is 23.2 Å². The summed E-state index contributed by atoms with van der Waals surface area (Å²) in [7, 11) is 0. The average Bonchev–Trinajstić information content (AvgIpc) is 2.37. The molecule has 0 saturated heterocycles. The van der Waals surface area contributed by atoms with E-state index in [-0.39, 0.29) is 5.56 Å². The minimum absolute atomic E-state index is 0.261. The molecule has 110 valence electrons. The highest BCUT2D eigenvalue weighted by Crippen LogP contribution is 2.32. The largest absolute Gasteiger partial charge is 0.419 e. The summed E-state index contributed by atoms with van der Waals surface area (Å²) in [6, 6.07) is 8.90. The highest BCUT2D eigenvalue weighted by atomic mass is 127. The first-order valence-electron chi connectivity index (χ1n) is 5.71. The number of anilines is 1. The molecule has 0 fully saturated rings. The zero-order valence-corrected chi connectivity index (χ0v) is 12.5. The van der Waals surface area contributed by atoms with Gasteiger partial charge in [-0.15, -0.1) is 0 Å². The predicted octanol–water partition coefficient (Wildman–Crippen LogP) is 4.70. The van der Waals surface area contributed by atoms with Crippen LogP contribution < -0.4 is 5.32 Å². The summed E-state index contributed by atoms with van der Waals surface area (Å²) in [6.45, 7) is 0. The summed E-state index contributed by atoms with van der Waals surface area (Å²) in [5.41, 5.74) is -1.27. The number of benzene rings is 2. The highest BCUT2D eigenvalue weighted by molar-refractivity contribution is 14.1. The maximum atomic E-state index is 13.2. The fraction of sp³-hybridized carbons (Fsp3) is 0.0714. The Kier molecular flexibility index (Phi) is 4.50. The molecule has 0 atom stereocenters. The third kappa shape index (κ3) is 3.93. The molecule has 1 amide bonds. The minimum Gasteiger partial charge on any atom is -0.322 e. The third-order valence-electron chi connectivity index (χ3n) is 2.62. The van der Waals surface area contributed by atoms with Gasteiger partial charge in [0, 0.05) is 14.8 Å². The smallest absolute Gasteiger partial charge is 0.322 e. The van der Waals surface area contributed by atoms with E-state index in [1.807, 2.05) is 22.6 Å². The number of hydrogen-bond acceptors (Lipinski definition) is 1. The van der Waals surface area contributed by atoms with Crippen molar-refractivity contribution in [3.8, 4) is 0 Å². The predicted molar refractivity (Wildman–Crippen MR) is 78.5 cm³/mol. The first-order chi connectivity index (χ1) is 9.77. The van der Waals surface area contributed by atoms with E-state index in [1.165, 1.54) is 0 Å². The van der Waals surface area contributed by atoms with E-state index in [9.17, 15) is 22.4 Å². The Hall–Kier alpha value is -1.64. The summed E-state index contributed by atoms with van der Waals surface area (Å²) in [6.07, 6.45) is -4.84. The lowest BCUT2D eigenvalue weighted by Crippen LogP contribution is -2.15. The molecule has 2 aromatic rings. The molecule has 0 aliphatic rings. The van der Waals surface area contributed by atoms with E-state index >= 15 is 0 Å². The second-order valence-electron chi connectivity index (χ2n) is 4.16. The van der Waals surface area contributed by atoms with Crippen LogP contribution in [0.2, 0.25) is 0 Å². The van der Waals surface area contributed by atoms with Crippen LogP contribution in [0, 0.1) is 9.39 Å². The summed E-state index contributed by atoms with van der Waals surface area (Å²) >= 11 is 2.04.